The molecule has 1 aliphatic carbocycles. The zero-order valence-corrected chi connectivity index (χ0v) is 14.4. The van der Waals surface area contributed by atoms with Crippen molar-refractivity contribution in [2.45, 2.75) is 24.8 Å². The Bertz CT molecular complexity index is 729. The lowest BCUT2D eigenvalue weighted by Gasteiger charge is -2.37. The average molecular weight is 328 g/mol. The van der Waals surface area contributed by atoms with Gasteiger partial charge >= 0.3 is 0 Å². The highest BCUT2D eigenvalue weighted by Crippen LogP contribution is 2.55. The van der Waals surface area contributed by atoms with Crippen LogP contribution in [-0.4, -0.2) is 25.6 Å². The molecule has 1 heterocycles. The minimum Gasteiger partial charge on any atom is -0.497 e. The molecule has 0 bridgehead atoms. The first-order valence-electron chi connectivity index (χ1n) is 8.33. The van der Waals surface area contributed by atoms with Gasteiger partial charge in [0, 0.05) is 17.0 Å². The minimum absolute atomic E-state index is 0.386. The molecule has 0 spiro atoms. The molecule has 1 saturated heterocycles. The fourth-order valence-corrected chi connectivity index (χ4v) is 4.85. The van der Waals surface area contributed by atoms with Crippen LogP contribution in [0.2, 0.25) is 5.02 Å². The van der Waals surface area contributed by atoms with Gasteiger partial charge in [-0.1, -0.05) is 35.9 Å². The van der Waals surface area contributed by atoms with Gasteiger partial charge in [-0.2, -0.15) is 0 Å². The van der Waals surface area contributed by atoms with Crippen molar-refractivity contribution in [1.82, 2.24) is 4.90 Å². The minimum atomic E-state index is 0.386. The lowest BCUT2D eigenvalue weighted by molar-refractivity contribution is 0.126. The second kappa shape index (κ2) is 5.85. The molecular weight excluding hydrogens is 306 g/mol. The number of methoxy groups -OCH3 is 1. The molecule has 0 amide bonds. The summed E-state index contributed by atoms with van der Waals surface area (Å²) < 4.78 is 5.47. The van der Waals surface area contributed by atoms with Gasteiger partial charge in [0.25, 0.3) is 0 Å². The highest BCUT2D eigenvalue weighted by atomic mass is 35.5. The fraction of sp³-hybridized carbons (Fsp3) is 0.400. The van der Waals surface area contributed by atoms with Gasteiger partial charge in [-0.15, -0.1) is 0 Å². The molecule has 3 unspecified atom stereocenters. The molecule has 0 aromatic heterocycles. The first-order valence-corrected chi connectivity index (χ1v) is 8.71. The zero-order chi connectivity index (χ0) is 16.0. The summed E-state index contributed by atoms with van der Waals surface area (Å²) in [5.41, 5.74) is 4.10. The summed E-state index contributed by atoms with van der Waals surface area (Å²) >= 11 is 6.56. The van der Waals surface area contributed by atoms with Crippen molar-refractivity contribution in [2.24, 2.45) is 5.92 Å². The van der Waals surface area contributed by atoms with E-state index in [4.69, 9.17) is 16.3 Å². The van der Waals surface area contributed by atoms with Crippen LogP contribution in [0.25, 0.3) is 0 Å². The maximum Gasteiger partial charge on any atom is 0.119 e. The molecule has 4 rings (SSSR count). The molecule has 1 fully saturated rings. The summed E-state index contributed by atoms with van der Waals surface area (Å²) in [6.07, 6.45) is 2.51. The number of fused-ring (bicyclic) bond motifs is 3. The highest BCUT2D eigenvalue weighted by molar-refractivity contribution is 6.31. The van der Waals surface area contributed by atoms with Crippen LogP contribution in [0.5, 0.6) is 5.75 Å². The molecule has 0 N–H and O–H groups in total. The molecule has 0 radical (unpaired) electrons. The van der Waals surface area contributed by atoms with Crippen molar-refractivity contribution >= 4 is 11.6 Å². The van der Waals surface area contributed by atoms with Gasteiger partial charge < -0.3 is 4.74 Å². The highest BCUT2D eigenvalue weighted by Gasteiger charge is 2.45. The molecule has 3 atom stereocenters. The quantitative estimate of drug-likeness (QED) is 0.779. The Balaban J connectivity index is 1.89. The normalized spacial score (nSPS) is 26.7. The van der Waals surface area contributed by atoms with Gasteiger partial charge in [0.05, 0.1) is 7.11 Å². The van der Waals surface area contributed by atoms with Crippen LogP contribution >= 0.6 is 11.6 Å². The number of rotatable bonds is 2. The summed E-state index contributed by atoms with van der Waals surface area (Å²) in [4.78, 5) is 2.50. The van der Waals surface area contributed by atoms with Crippen LogP contribution in [0.4, 0.5) is 0 Å². The van der Waals surface area contributed by atoms with Crippen molar-refractivity contribution < 1.29 is 4.74 Å². The number of benzene rings is 2. The summed E-state index contributed by atoms with van der Waals surface area (Å²) in [7, 11) is 3.99. The lowest BCUT2D eigenvalue weighted by atomic mass is 9.80. The van der Waals surface area contributed by atoms with Gasteiger partial charge in [0.2, 0.25) is 0 Å². The average Bonchev–Trinajstić information content (AvgIpc) is 2.90. The number of likely N-dealkylation sites (tertiary alicyclic amines) is 1. The van der Waals surface area contributed by atoms with Gasteiger partial charge in [0.15, 0.2) is 0 Å². The van der Waals surface area contributed by atoms with E-state index in [0.29, 0.717) is 17.9 Å². The molecule has 3 heteroatoms. The number of piperidine rings is 1. The predicted octanol–water partition coefficient (Wildman–Crippen LogP) is 4.88. The predicted molar refractivity (Wildman–Crippen MR) is 94.4 cm³/mol. The standard InChI is InChI=1S/C20H22ClNO/c1-22-11-5-7-16-19(15-6-3-4-8-18(15)21)14-10-9-13(23-2)12-17(14)20(16)22/h3-4,6,8-10,12,16,19-20H,5,7,11H2,1-2H3. The lowest BCUT2D eigenvalue weighted by Crippen LogP contribution is -2.34. The Morgan fingerprint density at radius 1 is 1.09 bits per heavy atom. The van der Waals surface area contributed by atoms with Gasteiger partial charge in [-0.25, -0.2) is 0 Å². The van der Waals surface area contributed by atoms with E-state index in [9.17, 15) is 0 Å². The molecule has 2 aromatic carbocycles. The van der Waals surface area contributed by atoms with Crippen molar-refractivity contribution in [1.29, 1.82) is 0 Å². The Morgan fingerprint density at radius 3 is 2.70 bits per heavy atom. The van der Waals surface area contributed by atoms with E-state index in [-0.39, 0.29) is 0 Å². The largest absolute Gasteiger partial charge is 0.497 e. The smallest absolute Gasteiger partial charge is 0.119 e. The second-order valence-electron chi connectivity index (χ2n) is 6.73. The first kappa shape index (κ1) is 15.0. The van der Waals surface area contributed by atoms with E-state index in [1.54, 1.807) is 7.11 Å². The summed E-state index contributed by atoms with van der Waals surface area (Å²) in [6.45, 7) is 1.16. The molecule has 2 aliphatic rings. The molecule has 2 aromatic rings. The number of hydrogen-bond donors (Lipinski definition) is 0. The van der Waals surface area contributed by atoms with E-state index in [2.05, 4.69) is 42.3 Å². The fourth-order valence-electron chi connectivity index (χ4n) is 4.59. The molecule has 0 saturated carbocycles. The third-order valence-electron chi connectivity index (χ3n) is 5.54. The maximum atomic E-state index is 6.56. The van der Waals surface area contributed by atoms with Crippen molar-refractivity contribution in [2.75, 3.05) is 20.7 Å². The van der Waals surface area contributed by atoms with E-state index >= 15 is 0 Å². The van der Waals surface area contributed by atoms with Gasteiger partial charge in [-0.05, 0) is 67.2 Å². The van der Waals surface area contributed by atoms with Crippen molar-refractivity contribution in [3.05, 3.63) is 64.2 Å². The van der Waals surface area contributed by atoms with Crippen LogP contribution in [0, 0.1) is 5.92 Å². The summed E-state index contributed by atoms with van der Waals surface area (Å²) in [5.74, 6) is 1.93. The topological polar surface area (TPSA) is 12.5 Å². The molecule has 1 aliphatic heterocycles. The van der Waals surface area contributed by atoms with E-state index in [1.807, 2.05) is 12.1 Å². The monoisotopic (exact) mass is 327 g/mol. The van der Waals surface area contributed by atoms with E-state index in [0.717, 1.165) is 17.3 Å². The molecule has 23 heavy (non-hydrogen) atoms. The SMILES string of the molecule is COc1ccc2c(c1)C1C(CCCN1C)C2c1ccccc1Cl. The maximum absolute atomic E-state index is 6.56. The first-order chi connectivity index (χ1) is 11.2. The van der Waals surface area contributed by atoms with Crippen LogP contribution in [0.15, 0.2) is 42.5 Å². The van der Waals surface area contributed by atoms with E-state index in [1.165, 1.54) is 29.5 Å². The van der Waals surface area contributed by atoms with Crippen molar-refractivity contribution in [3.8, 4) is 5.75 Å². The molecular formula is C20H22ClNO. The Kier molecular flexibility index (Phi) is 3.82. The number of nitrogens with zero attached hydrogens (tertiary/aromatic N) is 1. The van der Waals surface area contributed by atoms with Crippen LogP contribution in [-0.2, 0) is 0 Å². The second-order valence-corrected chi connectivity index (χ2v) is 7.13. The van der Waals surface area contributed by atoms with Crippen LogP contribution in [0.1, 0.15) is 41.5 Å². The summed E-state index contributed by atoms with van der Waals surface area (Å²) in [6, 6.07) is 15.3. The Labute approximate surface area is 143 Å². The molecule has 120 valence electrons. The zero-order valence-electron chi connectivity index (χ0n) is 13.6. The number of halogens is 1. The number of ether oxygens (including phenoxy) is 1. The van der Waals surface area contributed by atoms with E-state index < -0.39 is 0 Å². The van der Waals surface area contributed by atoms with Gasteiger partial charge in [-0.3, -0.25) is 4.90 Å². The van der Waals surface area contributed by atoms with Crippen molar-refractivity contribution in [3.63, 3.8) is 0 Å². The number of hydrogen-bond acceptors (Lipinski definition) is 2. The van der Waals surface area contributed by atoms with Crippen LogP contribution in [0.3, 0.4) is 0 Å². The summed E-state index contributed by atoms with van der Waals surface area (Å²) in [5, 5.41) is 0.883. The molecule has 2 nitrogen and oxygen atoms in total. The third-order valence-corrected chi connectivity index (χ3v) is 5.89. The Morgan fingerprint density at radius 2 is 1.91 bits per heavy atom. The Hall–Kier alpha value is -1.51. The van der Waals surface area contributed by atoms with Gasteiger partial charge in [0.1, 0.15) is 5.75 Å². The van der Waals surface area contributed by atoms with Crippen LogP contribution < -0.4 is 4.74 Å². The third kappa shape index (κ3) is 2.36.